The van der Waals surface area contributed by atoms with Gasteiger partial charge in [0, 0.05) is 11.3 Å². The van der Waals surface area contributed by atoms with Crippen LogP contribution >= 0.6 is 11.3 Å². The Hall–Kier alpha value is -1.62. The highest BCUT2D eigenvalue weighted by Crippen LogP contribution is 2.18. The zero-order valence-electron chi connectivity index (χ0n) is 9.96. The first-order valence-electron chi connectivity index (χ1n) is 5.78. The van der Waals surface area contributed by atoms with E-state index in [-0.39, 0.29) is 12.0 Å². The van der Waals surface area contributed by atoms with Gasteiger partial charge >= 0.3 is 0 Å². The highest BCUT2D eigenvalue weighted by Gasteiger charge is 2.18. The molecule has 0 radical (unpaired) electrons. The van der Waals surface area contributed by atoms with Crippen LogP contribution in [0, 0.1) is 17.5 Å². The fourth-order valence-corrected chi connectivity index (χ4v) is 2.51. The number of carbonyl (C=O) groups is 1. The first-order chi connectivity index (χ1) is 9.09. The third-order valence-electron chi connectivity index (χ3n) is 2.74. The summed E-state index contributed by atoms with van der Waals surface area (Å²) in [6.07, 6.45) is 1.38. The number of rotatable bonds is 5. The second-order valence-electron chi connectivity index (χ2n) is 4.08. The molecule has 1 heterocycles. The van der Waals surface area contributed by atoms with Crippen molar-refractivity contribution < 1.29 is 18.0 Å². The number of hydrogen-bond donors (Lipinski definition) is 0. The Morgan fingerprint density at radius 3 is 2.58 bits per heavy atom. The van der Waals surface area contributed by atoms with Crippen molar-refractivity contribution in [2.45, 2.75) is 19.3 Å². The SMILES string of the molecule is O=C(CCCc1cccs1)c1ccc(F)c(F)c1F. The number of carbonyl (C=O) groups excluding carboxylic acids is 1. The normalized spacial score (nSPS) is 10.7. The minimum absolute atomic E-state index is 0.111. The van der Waals surface area contributed by atoms with E-state index >= 15 is 0 Å². The van der Waals surface area contributed by atoms with Crippen molar-refractivity contribution in [3.8, 4) is 0 Å². The standard InChI is InChI=1S/C14H11F3OS/c15-11-7-6-10(13(16)14(11)17)12(18)5-1-3-9-4-2-8-19-9/h2,4,6-8H,1,3,5H2. The number of halogens is 3. The zero-order valence-corrected chi connectivity index (χ0v) is 10.8. The van der Waals surface area contributed by atoms with Crippen molar-refractivity contribution in [2.24, 2.45) is 0 Å². The van der Waals surface area contributed by atoms with Gasteiger partial charge in [0.15, 0.2) is 23.2 Å². The molecule has 1 nitrogen and oxygen atoms in total. The highest BCUT2D eigenvalue weighted by atomic mass is 32.1. The highest BCUT2D eigenvalue weighted by molar-refractivity contribution is 7.09. The molecule has 0 saturated carbocycles. The van der Waals surface area contributed by atoms with E-state index < -0.39 is 23.2 Å². The van der Waals surface area contributed by atoms with Gasteiger partial charge in [0.1, 0.15) is 0 Å². The minimum Gasteiger partial charge on any atom is -0.294 e. The maximum absolute atomic E-state index is 13.4. The third-order valence-corrected chi connectivity index (χ3v) is 3.68. The Labute approximate surface area is 112 Å². The molecule has 0 aliphatic carbocycles. The predicted molar refractivity (Wildman–Crippen MR) is 67.9 cm³/mol. The van der Waals surface area contributed by atoms with E-state index in [1.165, 1.54) is 0 Å². The first-order valence-corrected chi connectivity index (χ1v) is 6.66. The number of aryl methyl sites for hydroxylation is 1. The van der Waals surface area contributed by atoms with Gasteiger partial charge in [-0.2, -0.15) is 0 Å². The molecule has 5 heteroatoms. The largest absolute Gasteiger partial charge is 0.294 e. The van der Waals surface area contributed by atoms with Crippen LogP contribution in [0.1, 0.15) is 28.1 Å². The van der Waals surface area contributed by atoms with Crippen molar-refractivity contribution in [1.29, 1.82) is 0 Å². The maximum atomic E-state index is 13.4. The molecule has 0 aliphatic rings. The molecule has 100 valence electrons. The average Bonchev–Trinajstić information content (AvgIpc) is 2.89. The molecule has 1 aromatic carbocycles. The third kappa shape index (κ3) is 3.23. The van der Waals surface area contributed by atoms with Crippen LogP contribution in [0.3, 0.4) is 0 Å². The van der Waals surface area contributed by atoms with E-state index in [2.05, 4.69) is 0 Å². The summed E-state index contributed by atoms with van der Waals surface area (Å²) in [5, 5.41) is 1.94. The Morgan fingerprint density at radius 2 is 1.89 bits per heavy atom. The number of benzene rings is 1. The molecule has 0 spiro atoms. The van der Waals surface area contributed by atoms with Crippen molar-refractivity contribution in [2.75, 3.05) is 0 Å². The van der Waals surface area contributed by atoms with Gasteiger partial charge in [-0.25, -0.2) is 13.2 Å². The average molecular weight is 284 g/mol. The number of hydrogen-bond acceptors (Lipinski definition) is 2. The summed E-state index contributed by atoms with van der Waals surface area (Å²) in [6, 6.07) is 5.62. The number of Topliss-reactive ketones (excluding diaryl/α,β-unsaturated/α-hetero) is 1. The molecule has 0 fully saturated rings. The van der Waals surface area contributed by atoms with Gasteiger partial charge in [0.25, 0.3) is 0 Å². The molecule has 1 aromatic heterocycles. The van der Waals surface area contributed by atoms with E-state index in [1.54, 1.807) is 11.3 Å². The van der Waals surface area contributed by atoms with Crippen molar-refractivity contribution in [3.63, 3.8) is 0 Å². The van der Waals surface area contributed by atoms with Gasteiger partial charge in [-0.15, -0.1) is 11.3 Å². The fraction of sp³-hybridized carbons (Fsp3) is 0.214. The van der Waals surface area contributed by atoms with Crippen LogP contribution in [0.15, 0.2) is 29.6 Å². The molecule has 0 unspecified atom stereocenters. The van der Waals surface area contributed by atoms with Crippen LogP contribution < -0.4 is 0 Å². The van der Waals surface area contributed by atoms with Crippen LogP contribution in [0.25, 0.3) is 0 Å². The molecule has 2 aromatic rings. The number of ketones is 1. The topological polar surface area (TPSA) is 17.1 Å². The lowest BCUT2D eigenvalue weighted by molar-refractivity contribution is 0.0975. The van der Waals surface area contributed by atoms with E-state index in [0.29, 0.717) is 12.8 Å². The lowest BCUT2D eigenvalue weighted by Crippen LogP contribution is -2.06. The van der Waals surface area contributed by atoms with E-state index in [0.717, 1.165) is 17.0 Å². The molecule has 0 N–H and O–H groups in total. The van der Waals surface area contributed by atoms with Gasteiger partial charge in [0.05, 0.1) is 5.56 Å². The van der Waals surface area contributed by atoms with Crippen LogP contribution in [0.2, 0.25) is 0 Å². The second-order valence-corrected chi connectivity index (χ2v) is 5.11. The van der Waals surface area contributed by atoms with Crippen LogP contribution in [-0.2, 0) is 6.42 Å². The maximum Gasteiger partial charge on any atom is 0.195 e. The van der Waals surface area contributed by atoms with Crippen molar-refractivity contribution in [1.82, 2.24) is 0 Å². The first kappa shape index (κ1) is 13.8. The fourth-order valence-electron chi connectivity index (χ4n) is 1.75. The molecule has 2 rings (SSSR count). The monoisotopic (exact) mass is 284 g/mol. The molecule has 0 atom stereocenters. The summed E-state index contributed by atoms with van der Waals surface area (Å²) >= 11 is 1.58. The van der Waals surface area contributed by atoms with E-state index in [1.807, 2.05) is 17.5 Å². The molecule has 19 heavy (non-hydrogen) atoms. The molecule has 0 saturated heterocycles. The van der Waals surface area contributed by atoms with E-state index in [9.17, 15) is 18.0 Å². The van der Waals surface area contributed by atoms with Crippen LogP contribution in [-0.4, -0.2) is 5.78 Å². The van der Waals surface area contributed by atoms with Gasteiger partial charge in [-0.05, 0) is 36.4 Å². The van der Waals surface area contributed by atoms with Gasteiger partial charge in [0.2, 0.25) is 0 Å². The zero-order chi connectivity index (χ0) is 13.8. The Kier molecular flexibility index (Phi) is 4.37. The predicted octanol–water partition coefficient (Wildman–Crippen LogP) is 4.37. The summed E-state index contributed by atoms with van der Waals surface area (Å²) in [7, 11) is 0. The van der Waals surface area contributed by atoms with E-state index in [4.69, 9.17) is 0 Å². The van der Waals surface area contributed by atoms with Gasteiger partial charge in [-0.3, -0.25) is 4.79 Å². The molecular formula is C14H11F3OS. The van der Waals surface area contributed by atoms with Crippen molar-refractivity contribution in [3.05, 3.63) is 57.5 Å². The Morgan fingerprint density at radius 1 is 1.11 bits per heavy atom. The Bertz CT molecular complexity index is 579. The van der Waals surface area contributed by atoms with Crippen LogP contribution in [0.4, 0.5) is 13.2 Å². The number of thiophene rings is 1. The van der Waals surface area contributed by atoms with Crippen molar-refractivity contribution >= 4 is 17.1 Å². The van der Waals surface area contributed by atoms with Crippen LogP contribution in [0.5, 0.6) is 0 Å². The Balaban J connectivity index is 1.98. The smallest absolute Gasteiger partial charge is 0.195 e. The minimum atomic E-state index is -1.59. The summed E-state index contributed by atoms with van der Waals surface area (Å²) < 4.78 is 39.1. The summed E-state index contributed by atoms with van der Waals surface area (Å²) in [5.41, 5.74) is -0.384. The molecule has 0 amide bonds. The lowest BCUT2D eigenvalue weighted by Gasteiger charge is -2.03. The summed E-state index contributed by atoms with van der Waals surface area (Å²) in [5.74, 6) is -4.79. The molecule has 0 bridgehead atoms. The molecular weight excluding hydrogens is 273 g/mol. The van der Waals surface area contributed by atoms with Gasteiger partial charge < -0.3 is 0 Å². The second kappa shape index (κ2) is 6.02. The molecule has 0 aliphatic heterocycles. The quantitative estimate of drug-likeness (QED) is 0.588. The summed E-state index contributed by atoms with van der Waals surface area (Å²) in [6.45, 7) is 0. The lowest BCUT2D eigenvalue weighted by atomic mass is 10.0. The van der Waals surface area contributed by atoms with Gasteiger partial charge in [-0.1, -0.05) is 6.07 Å². The summed E-state index contributed by atoms with van der Waals surface area (Å²) in [4.78, 5) is 12.9.